The lowest BCUT2D eigenvalue weighted by atomic mass is 9.94. The van der Waals surface area contributed by atoms with Crippen molar-refractivity contribution in [3.63, 3.8) is 0 Å². The van der Waals surface area contributed by atoms with Crippen molar-refractivity contribution in [3.8, 4) is 17.2 Å². The first-order valence-electron chi connectivity index (χ1n) is 11.8. The molecule has 1 aliphatic heterocycles. The van der Waals surface area contributed by atoms with Gasteiger partial charge in [0, 0.05) is 23.6 Å². The van der Waals surface area contributed by atoms with E-state index in [4.69, 9.17) is 9.47 Å². The second-order valence-electron chi connectivity index (χ2n) is 8.76. The maximum absolute atomic E-state index is 13.4. The predicted molar refractivity (Wildman–Crippen MR) is 139 cm³/mol. The maximum Gasteiger partial charge on any atom is 0.295 e. The lowest BCUT2D eigenvalue weighted by molar-refractivity contribution is -0.139. The number of phenolic OH excluding ortho intramolecular Hbond substituents is 1. The molecule has 0 bridgehead atoms. The van der Waals surface area contributed by atoms with E-state index in [1.807, 2.05) is 30.5 Å². The number of aliphatic hydroxyl groups is 1. The van der Waals surface area contributed by atoms with Crippen molar-refractivity contribution in [1.82, 2.24) is 9.88 Å². The third kappa shape index (κ3) is 4.27. The number of ether oxygens (including phenoxy) is 2. The third-order valence-corrected chi connectivity index (χ3v) is 6.68. The number of carbonyl (C=O) groups is 2. The highest BCUT2D eigenvalue weighted by Crippen LogP contribution is 2.42. The van der Waals surface area contributed by atoms with E-state index in [-0.39, 0.29) is 29.2 Å². The molecule has 3 aromatic carbocycles. The van der Waals surface area contributed by atoms with Gasteiger partial charge in [0.25, 0.3) is 11.7 Å². The minimum Gasteiger partial charge on any atom is -0.508 e. The van der Waals surface area contributed by atoms with Crippen LogP contribution in [0.25, 0.3) is 16.7 Å². The standard InChI is InChI=1S/C29H26N2O6/c1-36-20-10-11-24(37-2)22(15-20)27(33)25-26(17-6-5-7-19(32)14-17)31(29(35)28(25)34)13-12-18-16-30-23-9-4-3-8-21(18)23/h3-11,14-16,26,30,32-33H,12-13H2,1-2H3/b27-25+. The van der Waals surface area contributed by atoms with Crippen LogP contribution in [-0.4, -0.2) is 52.6 Å². The number of H-pyrrole nitrogens is 1. The van der Waals surface area contributed by atoms with Gasteiger partial charge in [0.05, 0.1) is 31.4 Å². The molecule has 0 spiro atoms. The number of nitrogens with zero attached hydrogens (tertiary/aromatic N) is 1. The van der Waals surface area contributed by atoms with Crippen LogP contribution < -0.4 is 9.47 Å². The molecule has 1 unspecified atom stereocenters. The van der Waals surface area contributed by atoms with Gasteiger partial charge in [0.15, 0.2) is 0 Å². The monoisotopic (exact) mass is 498 g/mol. The van der Waals surface area contributed by atoms with E-state index in [1.54, 1.807) is 30.3 Å². The zero-order chi connectivity index (χ0) is 26.1. The smallest absolute Gasteiger partial charge is 0.295 e. The number of para-hydroxylation sites is 1. The summed E-state index contributed by atoms with van der Waals surface area (Å²) in [6.07, 6.45) is 2.38. The molecule has 3 N–H and O–H groups in total. The number of hydrogen-bond donors (Lipinski definition) is 3. The van der Waals surface area contributed by atoms with E-state index < -0.39 is 17.7 Å². The van der Waals surface area contributed by atoms with Crippen molar-refractivity contribution in [2.75, 3.05) is 20.8 Å². The first-order valence-corrected chi connectivity index (χ1v) is 11.8. The quantitative estimate of drug-likeness (QED) is 0.196. The number of fused-ring (bicyclic) bond motifs is 1. The van der Waals surface area contributed by atoms with Crippen LogP contribution >= 0.6 is 0 Å². The van der Waals surface area contributed by atoms with Crippen molar-refractivity contribution >= 4 is 28.4 Å². The van der Waals surface area contributed by atoms with Gasteiger partial charge in [0.2, 0.25) is 0 Å². The fourth-order valence-electron chi connectivity index (χ4n) is 4.88. The molecule has 0 radical (unpaired) electrons. The Labute approximate surface area is 213 Å². The van der Waals surface area contributed by atoms with Crippen molar-refractivity contribution in [1.29, 1.82) is 0 Å². The lowest BCUT2D eigenvalue weighted by Gasteiger charge is -2.25. The number of amides is 1. The number of rotatable bonds is 7. The number of aromatic amines is 1. The van der Waals surface area contributed by atoms with E-state index >= 15 is 0 Å². The molecule has 37 heavy (non-hydrogen) atoms. The van der Waals surface area contributed by atoms with Gasteiger partial charge >= 0.3 is 0 Å². The van der Waals surface area contributed by atoms with Crippen LogP contribution in [0, 0.1) is 0 Å². The lowest BCUT2D eigenvalue weighted by Crippen LogP contribution is -2.31. The van der Waals surface area contributed by atoms with Gasteiger partial charge < -0.3 is 29.6 Å². The number of aliphatic hydroxyl groups excluding tert-OH is 1. The Balaban J connectivity index is 1.61. The zero-order valence-electron chi connectivity index (χ0n) is 20.4. The van der Waals surface area contributed by atoms with Crippen LogP contribution in [0.3, 0.4) is 0 Å². The molecule has 1 saturated heterocycles. The summed E-state index contributed by atoms with van der Waals surface area (Å²) in [4.78, 5) is 31.4. The average Bonchev–Trinajstić information content (AvgIpc) is 3.44. The molecule has 1 fully saturated rings. The number of likely N-dealkylation sites (tertiary alicyclic amines) is 1. The highest BCUT2D eigenvalue weighted by atomic mass is 16.5. The second kappa shape index (κ2) is 9.73. The van der Waals surface area contributed by atoms with E-state index in [1.165, 1.54) is 31.3 Å². The second-order valence-corrected chi connectivity index (χ2v) is 8.76. The van der Waals surface area contributed by atoms with Gasteiger partial charge in [-0.25, -0.2) is 0 Å². The molecule has 1 aromatic heterocycles. The van der Waals surface area contributed by atoms with Crippen molar-refractivity contribution < 1.29 is 29.3 Å². The summed E-state index contributed by atoms with van der Waals surface area (Å²) in [5.41, 5.74) is 2.63. The number of aromatic hydroxyl groups is 1. The number of phenols is 1. The summed E-state index contributed by atoms with van der Waals surface area (Å²) < 4.78 is 10.7. The van der Waals surface area contributed by atoms with Crippen LogP contribution in [0.1, 0.15) is 22.7 Å². The van der Waals surface area contributed by atoms with Gasteiger partial charge in [-0.2, -0.15) is 0 Å². The number of ketones is 1. The van der Waals surface area contributed by atoms with E-state index in [0.717, 1.165) is 16.5 Å². The minimum absolute atomic E-state index is 0.0151. The average molecular weight is 499 g/mol. The molecule has 1 aliphatic rings. The number of methoxy groups -OCH3 is 2. The Morgan fingerprint density at radius 2 is 1.81 bits per heavy atom. The van der Waals surface area contributed by atoms with Crippen molar-refractivity contribution in [2.45, 2.75) is 12.5 Å². The van der Waals surface area contributed by atoms with E-state index in [0.29, 0.717) is 23.5 Å². The molecule has 8 heteroatoms. The zero-order valence-corrected chi connectivity index (χ0v) is 20.4. The maximum atomic E-state index is 13.4. The highest BCUT2D eigenvalue weighted by Gasteiger charge is 2.46. The van der Waals surface area contributed by atoms with Crippen LogP contribution in [0.2, 0.25) is 0 Å². The third-order valence-electron chi connectivity index (χ3n) is 6.68. The molecule has 2 heterocycles. The fourth-order valence-corrected chi connectivity index (χ4v) is 4.88. The summed E-state index contributed by atoms with van der Waals surface area (Å²) in [5.74, 6) is -1.16. The Kier molecular flexibility index (Phi) is 6.31. The Bertz CT molecular complexity index is 1540. The predicted octanol–water partition coefficient (Wildman–Crippen LogP) is 4.56. The molecular weight excluding hydrogens is 472 g/mol. The van der Waals surface area contributed by atoms with E-state index in [9.17, 15) is 19.8 Å². The topological polar surface area (TPSA) is 112 Å². The highest BCUT2D eigenvalue weighted by molar-refractivity contribution is 6.46. The summed E-state index contributed by atoms with van der Waals surface area (Å²) in [7, 11) is 2.94. The normalized spacial score (nSPS) is 16.9. The molecule has 5 rings (SSSR count). The van der Waals surface area contributed by atoms with Gasteiger partial charge in [-0.3, -0.25) is 9.59 Å². The minimum atomic E-state index is -0.909. The van der Waals surface area contributed by atoms with E-state index in [2.05, 4.69) is 4.98 Å². The molecule has 188 valence electrons. The Hall–Kier alpha value is -4.72. The largest absolute Gasteiger partial charge is 0.508 e. The number of benzene rings is 3. The van der Waals surface area contributed by atoms with Gasteiger partial charge in [-0.05, 0) is 53.9 Å². The molecule has 0 saturated carbocycles. The first-order chi connectivity index (χ1) is 17.9. The number of Topliss-reactive ketones (excluding diaryl/α,β-unsaturated/α-hetero) is 1. The fraction of sp³-hybridized carbons (Fsp3) is 0.172. The van der Waals surface area contributed by atoms with Gasteiger partial charge in [-0.1, -0.05) is 30.3 Å². The van der Waals surface area contributed by atoms with Crippen molar-refractivity contribution in [3.05, 3.63) is 95.2 Å². The summed E-state index contributed by atoms with van der Waals surface area (Å²) >= 11 is 0. The van der Waals surface area contributed by atoms with Crippen LogP contribution in [0.5, 0.6) is 17.2 Å². The number of nitrogens with one attached hydrogen (secondary N) is 1. The number of hydrogen-bond acceptors (Lipinski definition) is 6. The molecule has 8 nitrogen and oxygen atoms in total. The van der Waals surface area contributed by atoms with Crippen LogP contribution in [0.4, 0.5) is 0 Å². The molecule has 0 aliphatic carbocycles. The number of aromatic nitrogens is 1. The summed E-state index contributed by atoms with van der Waals surface area (Å²) in [6, 6.07) is 18.1. The van der Waals surface area contributed by atoms with Crippen LogP contribution in [0.15, 0.2) is 78.5 Å². The molecular formula is C29H26N2O6. The molecule has 1 amide bonds. The Morgan fingerprint density at radius 3 is 2.57 bits per heavy atom. The Morgan fingerprint density at radius 1 is 1.00 bits per heavy atom. The van der Waals surface area contributed by atoms with Gasteiger partial charge in [0.1, 0.15) is 23.0 Å². The van der Waals surface area contributed by atoms with Crippen LogP contribution in [-0.2, 0) is 16.0 Å². The summed E-state index contributed by atoms with van der Waals surface area (Å²) in [6.45, 7) is 0.221. The summed E-state index contributed by atoms with van der Waals surface area (Å²) in [5, 5.41) is 22.6. The molecule has 4 aromatic rings. The van der Waals surface area contributed by atoms with Crippen molar-refractivity contribution in [2.24, 2.45) is 0 Å². The SMILES string of the molecule is COc1ccc(OC)c(/C(O)=C2\C(=O)C(=O)N(CCc3c[nH]c4ccccc34)C2c2cccc(O)c2)c1. The first kappa shape index (κ1) is 24.0. The molecule has 1 atom stereocenters. The van der Waals surface area contributed by atoms with Gasteiger partial charge in [-0.15, -0.1) is 0 Å². The number of carbonyl (C=O) groups excluding carboxylic acids is 2.